The van der Waals surface area contributed by atoms with Crippen LogP contribution in [0.4, 0.5) is 0 Å². The molecule has 0 aromatic heterocycles. The lowest BCUT2D eigenvalue weighted by Gasteiger charge is -2.28. The van der Waals surface area contributed by atoms with E-state index < -0.39 is 17.7 Å². The summed E-state index contributed by atoms with van der Waals surface area (Å²) in [6.45, 7) is 12.5. The zero-order valence-electron chi connectivity index (χ0n) is 24.6. The van der Waals surface area contributed by atoms with Crippen LogP contribution in [-0.2, 0) is 9.59 Å². The van der Waals surface area contributed by atoms with Gasteiger partial charge in [-0.3, -0.25) is 9.59 Å². The van der Waals surface area contributed by atoms with Crippen LogP contribution in [0.25, 0.3) is 5.76 Å². The zero-order valence-corrected chi connectivity index (χ0v) is 24.6. The van der Waals surface area contributed by atoms with E-state index in [1.807, 2.05) is 25.1 Å². The van der Waals surface area contributed by atoms with Crippen molar-refractivity contribution in [3.05, 3.63) is 53.1 Å². The first-order valence-corrected chi connectivity index (χ1v) is 14.7. The van der Waals surface area contributed by atoms with E-state index in [4.69, 9.17) is 18.9 Å². The number of fused-ring (bicyclic) bond motifs is 1. The monoisotopic (exact) mass is 566 g/mol. The van der Waals surface area contributed by atoms with Crippen LogP contribution in [0, 0.1) is 0 Å². The van der Waals surface area contributed by atoms with E-state index in [2.05, 4.69) is 25.7 Å². The number of Topliss-reactive ketones (excluding diaryl/α,β-unsaturated/α-hetero) is 1. The molecule has 0 unspecified atom stereocenters. The SMILES string of the molecule is CCCCCOc1ccc([C@@H]2C(=C(O)c3ccc4c(c3)OCCO4)C(=O)C(=O)N2CCN(CC)CC)cc1OCC. The van der Waals surface area contributed by atoms with E-state index in [0.717, 1.165) is 32.4 Å². The Hall–Kier alpha value is -3.72. The molecule has 9 heteroatoms. The van der Waals surface area contributed by atoms with Crippen LogP contribution in [0.15, 0.2) is 42.0 Å². The highest BCUT2D eigenvalue weighted by molar-refractivity contribution is 6.46. The summed E-state index contributed by atoms with van der Waals surface area (Å²) < 4.78 is 23.2. The molecule has 1 fully saturated rings. The molecule has 1 saturated heterocycles. The van der Waals surface area contributed by atoms with Crippen molar-refractivity contribution in [2.75, 3.05) is 52.6 Å². The maximum atomic E-state index is 13.5. The topological polar surface area (TPSA) is 97.8 Å². The van der Waals surface area contributed by atoms with Gasteiger partial charge in [0.05, 0.1) is 24.8 Å². The number of aliphatic hydroxyl groups is 1. The molecule has 41 heavy (non-hydrogen) atoms. The smallest absolute Gasteiger partial charge is 0.295 e. The molecule has 1 atom stereocenters. The number of ether oxygens (including phenoxy) is 4. The Morgan fingerprint density at radius 1 is 0.951 bits per heavy atom. The van der Waals surface area contributed by atoms with Crippen molar-refractivity contribution >= 4 is 17.4 Å². The van der Waals surface area contributed by atoms with Gasteiger partial charge >= 0.3 is 0 Å². The molecule has 0 radical (unpaired) electrons. The maximum Gasteiger partial charge on any atom is 0.295 e. The fraction of sp³-hybridized carbons (Fsp3) is 0.500. The molecule has 9 nitrogen and oxygen atoms in total. The number of likely N-dealkylation sites (tertiary alicyclic amines) is 1. The quantitative estimate of drug-likeness (QED) is 0.144. The molecule has 2 heterocycles. The fourth-order valence-corrected chi connectivity index (χ4v) is 5.21. The Bertz CT molecular complexity index is 1250. The van der Waals surface area contributed by atoms with Gasteiger partial charge in [0, 0.05) is 18.7 Å². The summed E-state index contributed by atoms with van der Waals surface area (Å²) >= 11 is 0. The Morgan fingerprint density at radius 3 is 2.41 bits per heavy atom. The number of aliphatic hydroxyl groups excluding tert-OH is 1. The van der Waals surface area contributed by atoms with E-state index in [1.165, 1.54) is 0 Å². The molecule has 222 valence electrons. The average Bonchev–Trinajstić information content (AvgIpc) is 3.25. The van der Waals surface area contributed by atoms with E-state index >= 15 is 0 Å². The van der Waals surface area contributed by atoms with Gasteiger partial charge in [-0.25, -0.2) is 0 Å². The zero-order chi connectivity index (χ0) is 29.4. The first kappa shape index (κ1) is 30.2. The molecule has 4 rings (SSSR count). The van der Waals surface area contributed by atoms with E-state index in [-0.39, 0.29) is 11.3 Å². The highest BCUT2D eigenvalue weighted by Gasteiger charge is 2.46. The molecule has 0 spiro atoms. The fourth-order valence-electron chi connectivity index (χ4n) is 5.21. The molecule has 0 saturated carbocycles. The molecule has 1 amide bonds. The number of unbranched alkanes of at least 4 members (excludes halogenated alkanes) is 2. The lowest BCUT2D eigenvalue weighted by atomic mass is 9.94. The van der Waals surface area contributed by atoms with Gasteiger partial charge in [0.1, 0.15) is 19.0 Å². The van der Waals surface area contributed by atoms with Crippen molar-refractivity contribution in [3.8, 4) is 23.0 Å². The van der Waals surface area contributed by atoms with Crippen molar-refractivity contribution in [1.29, 1.82) is 0 Å². The number of rotatable bonds is 14. The standard InChI is InChI=1S/C32H42N2O7/c1-5-9-10-17-39-24-13-11-22(20-26(24)38-8-4)29-28(31(36)32(37)34(29)16-15-33(6-2)7-3)30(35)23-12-14-25-27(21-23)41-19-18-40-25/h11-14,20-21,29,35H,5-10,15-19H2,1-4H3/t29-/m1/s1. The summed E-state index contributed by atoms with van der Waals surface area (Å²) in [7, 11) is 0. The van der Waals surface area contributed by atoms with E-state index in [1.54, 1.807) is 23.1 Å². The largest absolute Gasteiger partial charge is 0.507 e. The second-order valence-electron chi connectivity index (χ2n) is 10.1. The number of nitrogens with zero attached hydrogens (tertiary/aromatic N) is 2. The summed E-state index contributed by atoms with van der Waals surface area (Å²) in [5.41, 5.74) is 1.07. The third-order valence-electron chi connectivity index (χ3n) is 7.50. The van der Waals surface area contributed by atoms with Gasteiger partial charge in [-0.05, 0) is 62.3 Å². The van der Waals surface area contributed by atoms with Gasteiger partial charge in [-0.2, -0.15) is 0 Å². The minimum absolute atomic E-state index is 0.0327. The Balaban J connectivity index is 1.77. The predicted octanol–water partition coefficient (Wildman–Crippen LogP) is 5.19. The summed E-state index contributed by atoms with van der Waals surface area (Å²) in [6, 6.07) is 9.69. The van der Waals surface area contributed by atoms with Crippen LogP contribution >= 0.6 is 0 Å². The van der Waals surface area contributed by atoms with Gasteiger partial charge in [0.2, 0.25) is 0 Å². The van der Waals surface area contributed by atoms with Crippen LogP contribution in [0.2, 0.25) is 0 Å². The van der Waals surface area contributed by atoms with Crippen molar-refractivity contribution in [2.24, 2.45) is 0 Å². The second kappa shape index (κ2) is 14.3. The number of ketones is 1. The van der Waals surface area contributed by atoms with Crippen molar-refractivity contribution in [1.82, 2.24) is 9.80 Å². The normalized spacial score (nSPS) is 17.8. The summed E-state index contributed by atoms with van der Waals surface area (Å²) in [6.07, 6.45) is 3.10. The molecular formula is C32H42N2O7. The molecular weight excluding hydrogens is 524 g/mol. The van der Waals surface area contributed by atoms with Gasteiger partial charge in [-0.1, -0.05) is 39.7 Å². The first-order chi connectivity index (χ1) is 19.9. The van der Waals surface area contributed by atoms with Crippen LogP contribution in [-0.4, -0.2) is 79.2 Å². The number of amides is 1. The molecule has 0 bridgehead atoms. The number of hydrogen-bond donors (Lipinski definition) is 1. The minimum Gasteiger partial charge on any atom is -0.507 e. The molecule has 2 aliphatic heterocycles. The van der Waals surface area contributed by atoms with Crippen LogP contribution in [0.5, 0.6) is 23.0 Å². The first-order valence-electron chi connectivity index (χ1n) is 14.7. The third kappa shape index (κ3) is 6.78. The lowest BCUT2D eigenvalue weighted by molar-refractivity contribution is -0.140. The molecule has 0 aliphatic carbocycles. The van der Waals surface area contributed by atoms with E-state index in [0.29, 0.717) is 73.6 Å². The molecule has 2 aliphatic rings. The van der Waals surface area contributed by atoms with Crippen LogP contribution < -0.4 is 18.9 Å². The van der Waals surface area contributed by atoms with Gasteiger partial charge in [0.15, 0.2) is 23.0 Å². The van der Waals surface area contributed by atoms with Crippen molar-refractivity contribution in [2.45, 2.75) is 53.0 Å². The summed E-state index contributed by atoms with van der Waals surface area (Å²) in [5, 5.41) is 11.5. The molecule has 2 aromatic carbocycles. The van der Waals surface area contributed by atoms with Gasteiger partial charge in [-0.15, -0.1) is 0 Å². The third-order valence-corrected chi connectivity index (χ3v) is 7.50. The van der Waals surface area contributed by atoms with E-state index in [9.17, 15) is 14.7 Å². The lowest BCUT2D eigenvalue weighted by Crippen LogP contribution is -2.38. The highest BCUT2D eigenvalue weighted by Crippen LogP contribution is 2.43. The Kier molecular flexibility index (Phi) is 10.5. The molecule has 2 aromatic rings. The number of carbonyl (C=O) groups excluding carboxylic acids is 2. The van der Waals surface area contributed by atoms with Crippen molar-refractivity contribution < 1.29 is 33.6 Å². The Morgan fingerprint density at radius 2 is 1.71 bits per heavy atom. The number of hydrogen-bond acceptors (Lipinski definition) is 8. The maximum absolute atomic E-state index is 13.5. The highest BCUT2D eigenvalue weighted by atomic mass is 16.6. The summed E-state index contributed by atoms with van der Waals surface area (Å²) in [4.78, 5) is 30.7. The van der Waals surface area contributed by atoms with Crippen LogP contribution in [0.3, 0.4) is 0 Å². The van der Waals surface area contributed by atoms with Crippen molar-refractivity contribution in [3.63, 3.8) is 0 Å². The number of likely N-dealkylation sites (N-methyl/N-ethyl adjacent to an activating group) is 1. The predicted molar refractivity (Wildman–Crippen MR) is 157 cm³/mol. The molecule has 1 N–H and O–H groups in total. The number of carbonyl (C=O) groups is 2. The Labute approximate surface area is 242 Å². The second-order valence-corrected chi connectivity index (χ2v) is 10.1. The average molecular weight is 567 g/mol. The van der Waals surface area contributed by atoms with Gasteiger partial charge in [0.25, 0.3) is 11.7 Å². The van der Waals surface area contributed by atoms with Crippen LogP contribution in [0.1, 0.15) is 64.1 Å². The van der Waals surface area contributed by atoms with Gasteiger partial charge < -0.3 is 33.9 Å². The summed E-state index contributed by atoms with van der Waals surface area (Å²) in [5.74, 6) is 0.580. The minimum atomic E-state index is -0.799. The number of benzene rings is 2.